The molecule has 3 rings (SSSR count). The van der Waals surface area contributed by atoms with Gasteiger partial charge in [0.15, 0.2) is 5.82 Å². The molecule has 1 fully saturated rings. The minimum Gasteiger partial charge on any atom is -0.282 e. The Labute approximate surface area is 112 Å². The normalized spacial score (nSPS) is 15.1. The van der Waals surface area contributed by atoms with Gasteiger partial charge in [-0.05, 0) is 49.9 Å². The summed E-state index contributed by atoms with van der Waals surface area (Å²) in [4.78, 5) is 0. The van der Waals surface area contributed by atoms with E-state index in [9.17, 15) is 0 Å². The van der Waals surface area contributed by atoms with E-state index in [4.69, 9.17) is 11.6 Å². The van der Waals surface area contributed by atoms with Crippen molar-refractivity contribution in [1.29, 1.82) is 0 Å². The zero-order chi connectivity index (χ0) is 12.7. The van der Waals surface area contributed by atoms with Crippen LogP contribution in [0.25, 0.3) is 5.69 Å². The molecular weight excluding hydrogens is 246 g/mol. The number of hydrogen-bond donors (Lipinski definition) is 0. The second kappa shape index (κ2) is 4.39. The number of halogens is 1. The molecule has 1 aliphatic rings. The van der Waals surface area contributed by atoms with Gasteiger partial charge in [0.25, 0.3) is 0 Å². The van der Waals surface area contributed by atoms with Crippen molar-refractivity contribution >= 4 is 11.6 Å². The number of nitrogens with zero attached hydrogens (tertiary/aromatic N) is 3. The molecule has 0 saturated heterocycles. The first-order valence-electron chi connectivity index (χ1n) is 6.28. The van der Waals surface area contributed by atoms with Gasteiger partial charge in [-0.3, -0.25) is 4.57 Å². The van der Waals surface area contributed by atoms with Crippen molar-refractivity contribution in [3.8, 4) is 5.69 Å². The molecule has 0 spiro atoms. The highest BCUT2D eigenvalue weighted by Crippen LogP contribution is 2.40. The van der Waals surface area contributed by atoms with Crippen LogP contribution in [-0.2, 0) is 5.88 Å². The first-order valence-corrected chi connectivity index (χ1v) is 6.81. The van der Waals surface area contributed by atoms with E-state index in [0.29, 0.717) is 11.8 Å². The quantitative estimate of drug-likeness (QED) is 0.792. The Balaban J connectivity index is 2.16. The Morgan fingerprint density at radius 2 is 1.83 bits per heavy atom. The van der Waals surface area contributed by atoms with Crippen LogP contribution >= 0.6 is 11.6 Å². The molecule has 0 unspecified atom stereocenters. The molecule has 0 atom stereocenters. The Morgan fingerprint density at radius 1 is 1.17 bits per heavy atom. The van der Waals surface area contributed by atoms with Gasteiger partial charge >= 0.3 is 0 Å². The topological polar surface area (TPSA) is 30.7 Å². The van der Waals surface area contributed by atoms with Crippen LogP contribution in [0.2, 0.25) is 0 Å². The van der Waals surface area contributed by atoms with Crippen LogP contribution in [0.15, 0.2) is 18.2 Å². The number of alkyl halides is 1. The number of benzene rings is 1. The molecule has 1 aromatic carbocycles. The Hall–Kier alpha value is -1.35. The first-order chi connectivity index (χ1) is 8.69. The lowest BCUT2D eigenvalue weighted by Crippen LogP contribution is -2.04. The Kier molecular flexibility index (Phi) is 2.86. The summed E-state index contributed by atoms with van der Waals surface area (Å²) >= 11 is 5.98. The van der Waals surface area contributed by atoms with Gasteiger partial charge < -0.3 is 0 Å². The third-order valence-corrected chi connectivity index (χ3v) is 3.52. The third-order valence-electron chi connectivity index (χ3n) is 3.28. The van der Waals surface area contributed by atoms with Crippen LogP contribution in [0.5, 0.6) is 0 Å². The van der Waals surface area contributed by atoms with Gasteiger partial charge in [-0.15, -0.1) is 21.8 Å². The van der Waals surface area contributed by atoms with E-state index in [0.717, 1.165) is 17.3 Å². The van der Waals surface area contributed by atoms with Crippen molar-refractivity contribution in [2.75, 3.05) is 0 Å². The van der Waals surface area contributed by atoms with Gasteiger partial charge in [-0.2, -0.15) is 0 Å². The standard InChI is InChI=1S/C14H16ClN3/c1-9-5-10(2)7-12(6-9)18-13(8-15)16-17-14(18)11-3-4-11/h5-7,11H,3-4,8H2,1-2H3. The van der Waals surface area contributed by atoms with E-state index in [1.165, 1.54) is 24.0 Å². The van der Waals surface area contributed by atoms with E-state index >= 15 is 0 Å². The van der Waals surface area contributed by atoms with Crippen LogP contribution in [0, 0.1) is 13.8 Å². The largest absolute Gasteiger partial charge is 0.282 e. The van der Waals surface area contributed by atoms with Gasteiger partial charge in [0.05, 0.1) is 5.88 Å². The average molecular weight is 262 g/mol. The average Bonchev–Trinajstić information content (AvgIpc) is 3.07. The summed E-state index contributed by atoms with van der Waals surface area (Å²) in [5.74, 6) is 2.86. The maximum atomic E-state index is 5.98. The van der Waals surface area contributed by atoms with Gasteiger partial charge in [-0.25, -0.2) is 0 Å². The van der Waals surface area contributed by atoms with Gasteiger partial charge in [-0.1, -0.05) is 6.07 Å². The fraction of sp³-hybridized carbons (Fsp3) is 0.429. The molecular formula is C14H16ClN3. The maximum Gasteiger partial charge on any atom is 0.152 e. The molecule has 1 aliphatic carbocycles. The minimum absolute atomic E-state index is 0.396. The number of aromatic nitrogens is 3. The zero-order valence-electron chi connectivity index (χ0n) is 10.7. The summed E-state index contributed by atoms with van der Waals surface area (Å²) in [7, 11) is 0. The zero-order valence-corrected chi connectivity index (χ0v) is 11.4. The smallest absolute Gasteiger partial charge is 0.152 e. The van der Waals surface area contributed by atoms with Crippen molar-refractivity contribution in [3.63, 3.8) is 0 Å². The Morgan fingerprint density at radius 3 is 2.39 bits per heavy atom. The lowest BCUT2D eigenvalue weighted by molar-refractivity contribution is 0.856. The molecule has 0 aliphatic heterocycles. The summed E-state index contributed by atoms with van der Waals surface area (Å²) < 4.78 is 2.13. The van der Waals surface area contributed by atoms with E-state index in [2.05, 4.69) is 46.8 Å². The molecule has 0 amide bonds. The van der Waals surface area contributed by atoms with Crippen LogP contribution in [0.4, 0.5) is 0 Å². The van der Waals surface area contributed by atoms with Gasteiger partial charge in [0, 0.05) is 11.6 Å². The molecule has 4 heteroatoms. The second-order valence-electron chi connectivity index (χ2n) is 5.06. The van der Waals surface area contributed by atoms with Crippen molar-refractivity contribution in [3.05, 3.63) is 41.0 Å². The molecule has 1 saturated carbocycles. The summed E-state index contributed by atoms with van der Waals surface area (Å²) in [6.07, 6.45) is 2.43. The Bertz CT molecular complexity index is 564. The SMILES string of the molecule is Cc1cc(C)cc(-n2c(CCl)nnc2C2CC2)c1. The molecule has 18 heavy (non-hydrogen) atoms. The molecule has 0 radical (unpaired) electrons. The molecule has 94 valence electrons. The van der Waals surface area contributed by atoms with Gasteiger partial charge in [0.1, 0.15) is 5.82 Å². The van der Waals surface area contributed by atoms with E-state index in [1.807, 2.05) is 0 Å². The highest BCUT2D eigenvalue weighted by Gasteiger charge is 2.30. The fourth-order valence-electron chi connectivity index (χ4n) is 2.38. The predicted octanol–water partition coefficient (Wildman–Crippen LogP) is 3.50. The number of aryl methyl sites for hydroxylation is 2. The maximum absolute atomic E-state index is 5.98. The first kappa shape index (κ1) is 11.7. The highest BCUT2D eigenvalue weighted by molar-refractivity contribution is 6.16. The van der Waals surface area contributed by atoms with Crippen LogP contribution < -0.4 is 0 Å². The molecule has 2 aromatic rings. The van der Waals surface area contributed by atoms with Crippen molar-refractivity contribution in [2.24, 2.45) is 0 Å². The highest BCUT2D eigenvalue weighted by atomic mass is 35.5. The second-order valence-corrected chi connectivity index (χ2v) is 5.33. The third kappa shape index (κ3) is 2.03. The predicted molar refractivity (Wildman–Crippen MR) is 72.4 cm³/mol. The minimum atomic E-state index is 0.396. The van der Waals surface area contributed by atoms with Crippen molar-refractivity contribution in [2.45, 2.75) is 38.5 Å². The summed E-state index contributed by atoms with van der Waals surface area (Å²) in [5, 5.41) is 8.53. The van der Waals surface area contributed by atoms with E-state index in [-0.39, 0.29) is 0 Å². The molecule has 3 nitrogen and oxygen atoms in total. The molecule has 0 bridgehead atoms. The molecule has 1 heterocycles. The molecule has 1 aromatic heterocycles. The van der Waals surface area contributed by atoms with Gasteiger partial charge in [0.2, 0.25) is 0 Å². The summed E-state index contributed by atoms with van der Waals surface area (Å²) in [6.45, 7) is 4.22. The van der Waals surface area contributed by atoms with Crippen LogP contribution in [0.1, 0.15) is 41.5 Å². The lowest BCUT2D eigenvalue weighted by atomic mass is 10.1. The van der Waals surface area contributed by atoms with Crippen LogP contribution in [-0.4, -0.2) is 14.8 Å². The lowest BCUT2D eigenvalue weighted by Gasteiger charge is -2.11. The number of rotatable bonds is 3. The van der Waals surface area contributed by atoms with E-state index < -0.39 is 0 Å². The van der Waals surface area contributed by atoms with E-state index in [1.54, 1.807) is 0 Å². The summed E-state index contributed by atoms with van der Waals surface area (Å²) in [5.41, 5.74) is 3.64. The number of hydrogen-bond acceptors (Lipinski definition) is 2. The monoisotopic (exact) mass is 261 g/mol. The van der Waals surface area contributed by atoms with Crippen molar-refractivity contribution < 1.29 is 0 Å². The van der Waals surface area contributed by atoms with Crippen molar-refractivity contribution in [1.82, 2.24) is 14.8 Å². The van der Waals surface area contributed by atoms with Crippen LogP contribution in [0.3, 0.4) is 0 Å². The summed E-state index contributed by atoms with van der Waals surface area (Å²) in [6, 6.07) is 6.50. The fourth-order valence-corrected chi connectivity index (χ4v) is 2.56. The molecule has 0 N–H and O–H groups in total.